The molecule has 0 amide bonds. The topological polar surface area (TPSA) is 53.0 Å². The Bertz CT molecular complexity index is 641. The van der Waals surface area contributed by atoms with E-state index in [0.717, 1.165) is 44.5 Å². The molecule has 0 aromatic heterocycles. The minimum Gasteiger partial charge on any atom is -0.478 e. The average Bonchev–Trinajstić information content (AvgIpc) is 2.58. The lowest BCUT2D eigenvalue weighted by Crippen LogP contribution is -2.47. The number of carboxylic acid groups (broad SMARTS) is 1. The second-order valence-corrected chi connectivity index (χ2v) is 14.7. The first kappa shape index (κ1) is 25.8. The van der Waals surface area contributed by atoms with E-state index in [-0.39, 0.29) is 11.1 Å². The fraction of sp³-hybridized carbons (Fsp3) is 0.696. The van der Waals surface area contributed by atoms with Gasteiger partial charge in [0.1, 0.15) is 0 Å². The first-order chi connectivity index (χ1) is 13.3. The van der Waals surface area contributed by atoms with Crippen molar-refractivity contribution >= 4 is 14.3 Å². The molecule has 1 unspecified atom stereocenters. The third-order valence-electron chi connectivity index (χ3n) is 5.93. The lowest BCUT2D eigenvalue weighted by Gasteiger charge is -2.40. The molecule has 1 aromatic carbocycles. The molecular weight excluding hydrogens is 380 g/mol. The van der Waals surface area contributed by atoms with Gasteiger partial charge in [-0.1, -0.05) is 39.0 Å². The highest BCUT2D eigenvalue weighted by molar-refractivity contribution is 6.74. The van der Waals surface area contributed by atoms with Gasteiger partial charge in [-0.25, -0.2) is 4.79 Å². The fourth-order valence-electron chi connectivity index (χ4n) is 3.06. The highest BCUT2D eigenvalue weighted by Crippen LogP contribution is 2.37. The molecule has 5 nitrogen and oxygen atoms in total. The Kier molecular flexibility index (Phi) is 10.0. The lowest BCUT2D eigenvalue weighted by atomic mass is 10.0. The van der Waals surface area contributed by atoms with Crippen LogP contribution < -0.4 is 0 Å². The second-order valence-electron chi connectivity index (χ2n) is 9.92. The van der Waals surface area contributed by atoms with E-state index in [2.05, 4.69) is 64.8 Å². The molecule has 0 saturated carbocycles. The number of rotatable bonds is 12. The van der Waals surface area contributed by atoms with E-state index >= 15 is 0 Å². The normalized spacial score (nSPS) is 13.9. The minimum absolute atomic E-state index is 0.167. The molecule has 0 radical (unpaired) electrons. The van der Waals surface area contributed by atoms with Gasteiger partial charge >= 0.3 is 5.97 Å². The summed E-state index contributed by atoms with van der Waals surface area (Å²) in [7, 11) is 4.48. The van der Waals surface area contributed by atoms with Crippen molar-refractivity contribution in [1.29, 1.82) is 0 Å². The Morgan fingerprint density at radius 1 is 1.14 bits per heavy atom. The molecule has 0 saturated heterocycles. The van der Waals surface area contributed by atoms with Crippen LogP contribution >= 0.6 is 0 Å². The van der Waals surface area contributed by atoms with E-state index in [1.807, 2.05) is 12.1 Å². The summed E-state index contributed by atoms with van der Waals surface area (Å²) in [5.74, 6) is -0.849. The maximum absolute atomic E-state index is 11.5. The maximum Gasteiger partial charge on any atom is 0.335 e. The molecule has 1 N–H and O–H groups in total. The second kappa shape index (κ2) is 11.3. The van der Waals surface area contributed by atoms with Crippen LogP contribution in [0.25, 0.3) is 0 Å². The predicted molar refractivity (Wildman–Crippen MR) is 124 cm³/mol. The first-order valence-corrected chi connectivity index (χ1v) is 13.6. The number of nitrogens with zero attached hydrogens (tertiary/aromatic N) is 2. The molecule has 0 spiro atoms. The van der Waals surface area contributed by atoms with Gasteiger partial charge in [-0.3, -0.25) is 0 Å². The smallest absolute Gasteiger partial charge is 0.335 e. The van der Waals surface area contributed by atoms with E-state index in [1.54, 1.807) is 12.1 Å². The molecule has 166 valence electrons. The van der Waals surface area contributed by atoms with E-state index in [4.69, 9.17) is 4.43 Å². The summed E-state index contributed by atoms with van der Waals surface area (Å²) in [6, 6.07) is 7.32. The van der Waals surface area contributed by atoms with Crippen LogP contribution in [-0.4, -0.2) is 76.1 Å². The summed E-state index contributed by atoms with van der Waals surface area (Å²) in [4.78, 5) is 16.0. The Labute approximate surface area is 179 Å². The molecule has 0 aliphatic carbocycles. The van der Waals surface area contributed by atoms with Crippen LogP contribution in [0.4, 0.5) is 0 Å². The largest absolute Gasteiger partial charge is 0.478 e. The average molecular weight is 423 g/mol. The molecule has 0 bridgehead atoms. The quantitative estimate of drug-likeness (QED) is 0.499. The monoisotopic (exact) mass is 422 g/mol. The van der Waals surface area contributed by atoms with Crippen LogP contribution in [0, 0.1) is 0 Å². The van der Waals surface area contributed by atoms with E-state index in [0.29, 0.717) is 5.56 Å². The van der Waals surface area contributed by atoms with Crippen molar-refractivity contribution < 1.29 is 14.3 Å². The number of aryl methyl sites for hydroxylation is 1. The molecule has 1 aromatic rings. The van der Waals surface area contributed by atoms with Crippen LogP contribution in [0.2, 0.25) is 18.1 Å². The molecule has 29 heavy (non-hydrogen) atoms. The number of carbonyl (C=O) groups is 1. The van der Waals surface area contributed by atoms with Crippen LogP contribution in [0.15, 0.2) is 24.3 Å². The SMILES string of the molecule is CN(C)CCN(C)CC(CCCc1ccccc1C(=O)O)O[Si](C)(C)C(C)(C)C. The summed E-state index contributed by atoms with van der Waals surface area (Å²) in [5.41, 5.74) is 1.32. The fourth-order valence-corrected chi connectivity index (χ4v) is 4.44. The minimum atomic E-state index is -1.87. The van der Waals surface area contributed by atoms with Gasteiger partial charge in [0.25, 0.3) is 0 Å². The molecule has 0 aliphatic heterocycles. The summed E-state index contributed by atoms with van der Waals surface area (Å²) in [6.07, 6.45) is 2.79. The molecule has 6 heteroatoms. The van der Waals surface area contributed by atoms with Crippen LogP contribution in [0.5, 0.6) is 0 Å². The number of likely N-dealkylation sites (N-methyl/N-ethyl adjacent to an activating group) is 2. The highest BCUT2D eigenvalue weighted by atomic mass is 28.4. The molecular formula is C23H42N2O3Si. The van der Waals surface area contributed by atoms with Gasteiger partial charge in [-0.15, -0.1) is 0 Å². The molecule has 0 fully saturated rings. The van der Waals surface area contributed by atoms with Crippen LogP contribution in [0.1, 0.15) is 49.5 Å². The summed E-state index contributed by atoms with van der Waals surface area (Å²) in [6.45, 7) is 14.4. The van der Waals surface area contributed by atoms with Gasteiger partial charge in [0, 0.05) is 19.6 Å². The Balaban J connectivity index is 2.79. The zero-order valence-electron chi connectivity index (χ0n) is 19.8. The first-order valence-electron chi connectivity index (χ1n) is 10.7. The van der Waals surface area contributed by atoms with Gasteiger partial charge in [-0.05, 0) is 70.2 Å². The Morgan fingerprint density at radius 3 is 2.31 bits per heavy atom. The standard InChI is InChI=1S/C23H42N2O3Si/c1-23(2,3)29(7,8)28-20(18-25(6)17-16-24(4)5)14-11-13-19-12-9-10-15-21(19)22(26)27/h9-10,12,15,20H,11,13-14,16-18H2,1-8H3,(H,26,27). The van der Waals surface area contributed by atoms with Gasteiger partial charge in [-0.2, -0.15) is 0 Å². The van der Waals surface area contributed by atoms with E-state index < -0.39 is 14.3 Å². The Morgan fingerprint density at radius 2 is 1.76 bits per heavy atom. The number of hydrogen-bond acceptors (Lipinski definition) is 4. The van der Waals surface area contributed by atoms with Crippen molar-refractivity contribution in [3.8, 4) is 0 Å². The highest BCUT2D eigenvalue weighted by Gasteiger charge is 2.39. The zero-order valence-corrected chi connectivity index (χ0v) is 20.8. The summed E-state index contributed by atoms with van der Waals surface area (Å²) in [5, 5.41) is 9.58. The number of carboxylic acids is 1. The summed E-state index contributed by atoms with van der Waals surface area (Å²) < 4.78 is 6.76. The van der Waals surface area contributed by atoms with Crippen molar-refractivity contribution in [2.45, 2.75) is 64.3 Å². The van der Waals surface area contributed by atoms with E-state index in [1.165, 1.54) is 0 Å². The zero-order chi connectivity index (χ0) is 22.2. The lowest BCUT2D eigenvalue weighted by molar-refractivity contribution is 0.0695. The van der Waals surface area contributed by atoms with Gasteiger partial charge in [0.15, 0.2) is 8.32 Å². The van der Waals surface area contributed by atoms with Gasteiger partial charge in [0.2, 0.25) is 0 Å². The Hall–Kier alpha value is -1.21. The molecule has 1 rings (SSSR count). The van der Waals surface area contributed by atoms with Crippen molar-refractivity contribution in [2.75, 3.05) is 40.8 Å². The van der Waals surface area contributed by atoms with Crippen LogP contribution in [-0.2, 0) is 10.8 Å². The molecule has 0 aliphatic rings. The van der Waals surface area contributed by atoms with Crippen molar-refractivity contribution in [1.82, 2.24) is 9.80 Å². The van der Waals surface area contributed by atoms with Gasteiger partial charge < -0.3 is 19.3 Å². The number of aromatic carboxylic acids is 1. The maximum atomic E-state index is 11.5. The number of hydrogen-bond donors (Lipinski definition) is 1. The third-order valence-corrected chi connectivity index (χ3v) is 10.5. The third kappa shape index (κ3) is 8.99. The predicted octanol–water partition coefficient (Wildman–Crippen LogP) is 4.59. The van der Waals surface area contributed by atoms with Crippen LogP contribution in [0.3, 0.4) is 0 Å². The van der Waals surface area contributed by atoms with Crippen molar-refractivity contribution in [3.63, 3.8) is 0 Å². The van der Waals surface area contributed by atoms with Crippen molar-refractivity contribution in [2.24, 2.45) is 0 Å². The van der Waals surface area contributed by atoms with Crippen molar-refractivity contribution in [3.05, 3.63) is 35.4 Å². The molecule has 1 atom stereocenters. The van der Waals surface area contributed by atoms with E-state index in [9.17, 15) is 9.90 Å². The molecule has 0 heterocycles. The summed E-state index contributed by atoms with van der Waals surface area (Å²) >= 11 is 0. The number of benzene rings is 1. The van der Waals surface area contributed by atoms with Gasteiger partial charge in [0.05, 0.1) is 11.7 Å².